The van der Waals surface area contributed by atoms with Gasteiger partial charge >= 0.3 is 17.9 Å². The van der Waals surface area contributed by atoms with Crippen molar-refractivity contribution >= 4 is 85.0 Å². The van der Waals surface area contributed by atoms with Crippen LogP contribution in [0.3, 0.4) is 0 Å². The number of ketones is 1. The van der Waals surface area contributed by atoms with E-state index in [1.165, 1.54) is 5.56 Å². The highest BCUT2D eigenvalue weighted by Gasteiger charge is 2.14. The topological polar surface area (TPSA) is 213 Å². The molecule has 0 aliphatic rings. The highest BCUT2D eigenvalue weighted by Crippen LogP contribution is 2.36. The van der Waals surface area contributed by atoms with Gasteiger partial charge in [-0.2, -0.15) is 20.5 Å². The van der Waals surface area contributed by atoms with Gasteiger partial charge in [-0.15, -0.1) is 10.2 Å². The lowest BCUT2D eigenvalue weighted by Gasteiger charge is -2.12. The molecule has 10 aromatic rings. The van der Waals surface area contributed by atoms with E-state index >= 15 is 0 Å². The van der Waals surface area contributed by atoms with Gasteiger partial charge in [0.2, 0.25) is 0 Å². The van der Waals surface area contributed by atoms with Gasteiger partial charge in [-0.1, -0.05) is 116 Å². The lowest BCUT2D eigenvalue weighted by atomic mass is 10.0. The quantitative estimate of drug-likeness (QED) is 0.00967. The number of azo groups is 3. The van der Waals surface area contributed by atoms with Crippen LogP contribution in [0.4, 0.5) is 39.8 Å². The van der Waals surface area contributed by atoms with E-state index in [2.05, 4.69) is 91.7 Å². The highest BCUT2D eigenvalue weighted by atomic mass is 16.5. The van der Waals surface area contributed by atoms with Crippen LogP contribution in [-0.2, 0) is 38.6 Å². The van der Waals surface area contributed by atoms with Crippen LogP contribution in [-0.4, -0.2) is 57.2 Å². The van der Waals surface area contributed by atoms with Crippen LogP contribution in [0.15, 0.2) is 273 Å². The Balaban J connectivity index is 0.000000233. The van der Waals surface area contributed by atoms with E-state index < -0.39 is 5.97 Å². The molecule has 0 amide bonds. The van der Waals surface area contributed by atoms with Gasteiger partial charge in [0.1, 0.15) is 17.2 Å². The molecule has 17 nitrogen and oxygen atoms in total. The first kappa shape index (κ1) is 72.5. The normalized spacial score (nSPS) is 11.1. The van der Waals surface area contributed by atoms with Crippen molar-refractivity contribution in [2.24, 2.45) is 30.7 Å². The zero-order valence-corrected chi connectivity index (χ0v) is 57.2. The SMILES string of the molecule is C=C(C)C(=O)OCCCCCCOc1ccc(C(=O)Cc2ccc(CNc3ccc(N=Nc4ccc(C)cc4)c4ccccc34)cc2)cc1.C=C(C)C(=O)OCCCCCCOc1ccc(C(=O)Oc2ccc(CNc3ccc(N=Nc4ccc(N=NC)cc4)c4ccccc34)cc2)cc1. The Hall–Kier alpha value is -11.7. The lowest BCUT2D eigenvalue weighted by molar-refractivity contribution is -0.139. The number of carbonyl (C=O) groups excluding carboxylic acids is 4. The lowest BCUT2D eigenvalue weighted by Crippen LogP contribution is -2.08. The van der Waals surface area contributed by atoms with E-state index in [0.29, 0.717) is 79.7 Å². The fraction of sp³-hybridized carbons (Fsp3) is 0.229. The number of anilines is 2. The van der Waals surface area contributed by atoms with E-state index in [4.69, 9.17) is 23.7 Å². The summed E-state index contributed by atoms with van der Waals surface area (Å²) >= 11 is 0. The molecule has 0 saturated heterocycles. The molecule has 100 heavy (non-hydrogen) atoms. The number of ether oxygens (including phenoxy) is 5. The van der Waals surface area contributed by atoms with Crippen molar-refractivity contribution < 1.29 is 42.9 Å². The first-order valence-corrected chi connectivity index (χ1v) is 33.6. The Kier molecular flexibility index (Phi) is 27.8. The number of unbranched alkanes of at least 4 members (excludes halogenated alkanes) is 6. The minimum Gasteiger partial charge on any atom is -0.494 e. The number of hydrogen-bond acceptors (Lipinski definition) is 17. The van der Waals surface area contributed by atoms with Gasteiger partial charge < -0.3 is 34.3 Å². The molecule has 0 bridgehead atoms. The zero-order valence-electron chi connectivity index (χ0n) is 57.2. The van der Waals surface area contributed by atoms with Gasteiger partial charge in [0.25, 0.3) is 0 Å². The summed E-state index contributed by atoms with van der Waals surface area (Å²) in [5.41, 5.74) is 12.1. The standard InChI is InChI=1S/C42H43N3O4.C41H41N5O5/c1-30(2)42(47)49-27-9-5-4-8-26-48-36-22-18-34(19-23-36)41(46)28-32-14-16-33(17-15-32)29-43-39-24-25-40(38-11-7-6-10-37(38)39)45-44-35-20-12-31(3)13-21-35;1-29(2)40(47)50-27-9-5-4-8-26-49-34-22-14-31(15-23-34)41(48)51-35-20-12-30(13-21-35)28-43-38-24-25-39(37-11-7-6-10-36(37)38)46-45-33-18-16-32(17-19-33)44-42-3/h6-7,10-25,43H,1,4-5,8-9,26-29H2,2-3H3;6-7,10-25,43H,1,4-5,8-9,26-28H2,2-3H3. The molecule has 0 unspecified atom stereocenters. The maximum absolute atomic E-state index is 13.0. The summed E-state index contributed by atoms with van der Waals surface area (Å²) in [5.74, 6) is 0.841. The van der Waals surface area contributed by atoms with Crippen LogP contribution in [0.5, 0.6) is 17.2 Å². The monoisotopic (exact) mass is 1340 g/mol. The average molecular weight is 1340 g/mol. The molecule has 510 valence electrons. The molecule has 0 aliphatic heterocycles. The summed E-state index contributed by atoms with van der Waals surface area (Å²) in [6.45, 7) is 15.7. The molecule has 0 fully saturated rings. The van der Waals surface area contributed by atoms with Gasteiger partial charge in [0, 0.05) is 76.2 Å². The number of fused-ring (bicyclic) bond motifs is 2. The third kappa shape index (κ3) is 23.0. The van der Waals surface area contributed by atoms with Crippen molar-refractivity contribution in [3.63, 3.8) is 0 Å². The van der Waals surface area contributed by atoms with Crippen molar-refractivity contribution in [2.45, 2.75) is 91.6 Å². The maximum Gasteiger partial charge on any atom is 0.343 e. The van der Waals surface area contributed by atoms with Gasteiger partial charge in [0.15, 0.2) is 5.78 Å². The number of nitrogens with one attached hydrogen (secondary N) is 2. The minimum atomic E-state index is -0.441. The Morgan fingerprint density at radius 1 is 0.390 bits per heavy atom. The molecular weight excluding hydrogens is 1250 g/mol. The molecule has 0 atom stereocenters. The second-order valence-electron chi connectivity index (χ2n) is 24.0. The van der Waals surface area contributed by atoms with Crippen molar-refractivity contribution in [2.75, 3.05) is 44.1 Å². The number of carbonyl (C=O) groups is 4. The number of rotatable bonds is 34. The molecular formula is C83H84N8O9. The summed E-state index contributed by atoms with van der Waals surface area (Å²) < 4.78 is 27.5. The van der Waals surface area contributed by atoms with Gasteiger partial charge in [0.05, 0.1) is 60.4 Å². The number of Topliss-reactive ketones (excluding diaryl/α,β-unsaturated/α-hetero) is 1. The predicted octanol–water partition coefficient (Wildman–Crippen LogP) is 21.5. The van der Waals surface area contributed by atoms with Crippen molar-refractivity contribution in [1.29, 1.82) is 0 Å². The van der Waals surface area contributed by atoms with Gasteiger partial charge in [-0.05, 0) is 210 Å². The average Bonchev–Trinajstić information content (AvgIpc) is 0.821. The van der Waals surface area contributed by atoms with Crippen LogP contribution in [0.1, 0.15) is 108 Å². The summed E-state index contributed by atoms with van der Waals surface area (Å²) in [6, 6.07) is 69.5. The van der Waals surface area contributed by atoms with Crippen LogP contribution < -0.4 is 24.8 Å². The molecule has 2 N–H and O–H groups in total. The summed E-state index contributed by atoms with van der Waals surface area (Å²) in [6.07, 6.45) is 7.62. The minimum absolute atomic E-state index is 0.0656. The highest BCUT2D eigenvalue weighted by molar-refractivity contribution is 6.02. The van der Waals surface area contributed by atoms with E-state index in [-0.39, 0.29) is 17.7 Å². The Bertz CT molecular complexity index is 4460. The Labute approximate surface area is 584 Å². The molecule has 10 rings (SSSR count). The Morgan fingerprint density at radius 2 is 0.780 bits per heavy atom. The molecule has 0 aliphatic carbocycles. The van der Waals surface area contributed by atoms with Crippen LogP contribution in [0.25, 0.3) is 21.5 Å². The molecule has 10 aromatic carbocycles. The van der Waals surface area contributed by atoms with Crippen molar-refractivity contribution in [3.05, 3.63) is 276 Å². The maximum atomic E-state index is 13.0. The number of nitrogens with zero attached hydrogens (tertiary/aromatic N) is 6. The first-order valence-electron chi connectivity index (χ1n) is 33.6. The van der Waals surface area contributed by atoms with Crippen LogP contribution >= 0.6 is 0 Å². The first-order chi connectivity index (χ1) is 48.7. The molecule has 0 spiro atoms. The van der Waals surface area contributed by atoms with Crippen molar-refractivity contribution in [3.8, 4) is 17.2 Å². The third-order valence-electron chi connectivity index (χ3n) is 16.0. The molecule has 0 radical (unpaired) electrons. The van der Waals surface area contributed by atoms with E-state index in [1.807, 2.05) is 152 Å². The number of aryl methyl sites for hydroxylation is 1. The molecule has 0 heterocycles. The largest absolute Gasteiger partial charge is 0.494 e. The second kappa shape index (κ2) is 38.3. The van der Waals surface area contributed by atoms with Gasteiger partial charge in [-0.3, -0.25) is 4.79 Å². The zero-order chi connectivity index (χ0) is 70.3. The van der Waals surface area contributed by atoms with Gasteiger partial charge in [-0.25, -0.2) is 14.4 Å². The number of benzene rings is 10. The number of hydrogen-bond donors (Lipinski definition) is 2. The molecule has 0 aromatic heterocycles. The van der Waals surface area contributed by atoms with E-state index in [0.717, 1.165) is 135 Å². The number of esters is 3. The molecule has 0 saturated carbocycles. The molecule has 17 heteroatoms. The smallest absolute Gasteiger partial charge is 0.343 e. The fourth-order valence-corrected chi connectivity index (χ4v) is 10.4. The van der Waals surface area contributed by atoms with Crippen LogP contribution in [0, 0.1) is 6.92 Å². The second-order valence-corrected chi connectivity index (χ2v) is 24.0. The summed E-state index contributed by atoms with van der Waals surface area (Å²) in [4.78, 5) is 48.5. The third-order valence-corrected chi connectivity index (χ3v) is 16.0. The fourth-order valence-electron chi connectivity index (χ4n) is 10.4. The van der Waals surface area contributed by atoms with E-state index in [1.54, 1.807) is 57.3 Å². The van der Waals surface area contributed by atoms with E-state index in [9.17, 15) is 19.2 Å². The Morgan fingerprint density at radius 3 is 1.23 bits per heavy atom. The summed E-state index contributed by atoms with van der Waals surface area (Å²) in [7, 11) is 1.63. The predicted molar refractivity (Wildman–Crippen MR) is 397 cm³/mol. The van der Waals surface area contributed by atoms with Crippen molar-refractivity contribution in [1.82, 2.24) is 0 Å². The van der Waals surface area contributed by atoms with Crippen LogP contribution in [0.2, 0.25) is 0 Å². The summed E-state index contributed by atoms with van der Waals surface area (Å²) in [5, 5.41) is 36.9.